The van der Waals surface area contributed by atoms with Crippen molar-refractivity contribution in [1.29, 1.82) is 0 Å². The molecule has 8 rings (SSSR count). The molecule has 1 N–H and O–H groups in total. The van der Waals surface area contributed by atoms with Crippen molar-refractivity contribution in [2.24, 2.45) is 0 Å². The molecule has 1 aliphatic rings. The highest BCUT2D eigenvalue weighted by atomic mass is 32.1. The SMILES string of the molecule is c1ccc(C2(c3ccc[nH]3)ON(c3cccs3)C(c3cccnn3)(c3ccco3)C2(c2cnccn2)c2ncccn2)nc1. The molecule has 3 unspecified atom stereocenters. The molecule has 11 nitrogen and oxygen atoms in total. The minimum absolute atomic E-state index is 0.377. The first-order valence-electron chi connectivity index (χ1n) is 13.8. The number of H-pyrrole nitrogens is 1. The first-order chi connectivity index (χ1) is 21.8. The van der Waals surface area contributed by atoms with Crippen LogP contribution in [0, 0.1) is 0 Å². The van der Waals surface area contributed by atoms with E-state index in [0.29, 0.717) is 34.4 Å². The van der Waals surface area contributed by atoms with Crippen molar-refractivity contribution >= 4 is 16.3 Å². The molecule has 1 aliphatic heterocycles. The monoisotopic (exact) mass is 597 g/mol. The highest BCUT2D eigenvalue weighted by molar-refractivity contribution is 7.14. The van der Waals surface area contributed by atoms with E-state index in [2.05, 4.69) is 15.1 Å². The molecule has 3 atom stereocenters. The fourth-order valence-electron chi connectivity index (χ4n) is 6.50. The Balaban J connectivity index is 1.69. The van der Waals surface area contributed by atoms with E-state index in [1.165, 1.54) is 11.3 Å². The number of nitrogens with one attached hydrogen (secondary N) is 1. The zero-order valence-electron chi connectivity index (χ0n) is 23.0. The summed E-state index contributed by atoms with van der Waals surface area (Å²) in [6, 6.07) is 22.8. The average molecular weight is 598 g/mol. The van der Waals surface area contributed by atoms with Crippen LogP contribution in [0.1, 0.15) is 34.4 Å². The number of hydrogen-bond donors (Lipinski definition) is 1. The predicted molar refractivity (Wildman–Crippen MR) is 160 cm³/mol. The molecule has 7 aromatic rings. The standard InChI is InChI=1S/C32H23N9O2S/c1-2-13-34-24(8-1)32(25-10-3-14-35-25)30(26-22-33-18-19-36-26,29-37-15-7-16-38-29)31(27-11-5-20-42-27,23-9-4-17-39-40-23)41(43-32)28-12-6-21-44-28/h1-22,35H. The Labute approximate surface area is 255 Å². The van der Waals surface area contributed by atoms with Gasteiger partial charge in [-0.3, -0.25) is 19.8 Å². The Morgan fingerprint density at radius 2 is 1.61 bits per heavy atom. The Morgan fingerprint density at radius 1 is 0.727 bits per heavy atom. The number of furan rings is 1. The molecule has 0 amide bonds. The molecular formula is C32H23N9O2S. The third-order valence-corrected chi connectivity index (χ3v) is 8.82. The fourth-order valence-corrected chi connectivity index (χ4v) is 7.22. The maximum atomic E-state index is 7.52. The fraction of sp³-hybridized carbons (Fsp3) is 0.0938. The third-order valence-electron chi connectivity index (χ3n) is 7.98. The van der Waals surface area contributed by atoms with Gasteiger partial charge in [0.15, 0.2) is 16.6 Å². The minimum Gasteiger partial charge on any atom is -0.466 e. The first-order valence-corrected chi connectivity index (χ1v) is 14.7. The van der Waals surface area contributed by atoms with Gasteiger partial charge in [-0.2, -0.15) is 10.2 Å². The van der Waals surface area contributed by atoms with Crippen LogP contribution >= 0.6 is 11.3 Å². The van der Waals surface area contributed by atoms with Gasteiger partial charge in [-0.15, -0.1) is 11.3 Å². The largest absolute Gasteiger partial charge is 0.466 e. The molecule has 0 radical (unpaired) electrons. The van der Waals surface area contributed by atoms with Gasteiger partial charge >= 0.3 is 0 Å². The van der Waals surface area contributed by atoms with Crippen molar-refractivity contribution in [2.75, 3.05) is 5.06 Å². The van der Waals surface area contributed by atoms with Crippen LogP contribution in [0.5, 0.6) is 0 Å². The van der Waals surface area contributed by atoms with Gasteiger partial charge in [0.25, 0.3) is 0 Å². The van der Waals surface area contributed by atoms with Gasteiger partial charge in [0, 0.05) is 49.6 Å². The molecule has 12 heteroatoms. The van der Waals surface area contributed by atoms with Gasteiger partial charge in [0.1, 0.15) is 22.3 Å². The van der Waals surface area contributed by atoms with Gasteiger partial charge in [-0.1, -0.05) is 6.07 Å². The van der Waals surface area contributed by atoms with Gasteiger partial charge < -0.3 is 9.40 Å². The summed E-state index contributed by atoms with van der Waals surface area (Å²) in [5.41, 5.74) is -2.27. The summed E-state index contributed by atoms with van der Waals surface area (Å²) in [6.45, 7) is 0. The average Bonchev–Trinajstić information content (AvgIpc) is 3.93. The van der Waals surface area contributed by atoms with Gasteiger partial charge in [-0.25, -0.2) is 15.0 Å². The third kappa shape index (κ3) is 3.37. The maximum Gasteiger partial charge on any atom is 0.199 e. The normalized spacial score (nSPS) is 23.1. The first kappa shape index (κ1) is 26.1. The lowest BCUT2D eigenvalue weighted by Gasteiger charge is -2.47. The Morgan fingerprint density at radius 3 is 2.30 bits per heavy atom. The molecular weight excluding hydrogens is 574 g/mol. The molecule has 8 heterocycles. The number of aromatic nitrogens is 8. The van der Waals surface area contributed by atoms with Gasteiger partial charge in [0.2, 0.25) is 0 Å². The molecule has 0 aliphatic carbocycles. The van der Waals surface area contributed by atoms with Crippen LogP contribution in [0.15, 0.2) is 138 Å². The number of aromatic amines is 1. The van der Waals surface area contributed by atoms with Crippen LogP contribution < -0.4 is 5.06 Å². The van der Waals surface area contributed by atoms with Crippen LogP contribution in [-0.2, 0) is 21.4 Å². The summed E-state index contributed by atoms with van der Waals surface area (Å²) < 4.78 is 6.43. The van der Waals surface area contributed by atoms with E-state index < -0.39 is 16.6 Å². The van der Waals surface area contributed by atoms with Crippen molar-refractivity contribution in [1.82, 2.24) is 40.1 Å². The second-order valence-electron chi connectivity index (χ2n) is 10.0. The Hall–Kier alpha value is -5.59. The summed E-state index contributed by atoms with van der Waals surface area (Å²) in [5, 5.41) is 13.7. The highest BCUT2D eigenvalue weighted by Gasteiger charge is 2.82. The minimum atomic E-state index is -1.52. The summed E-state index contributed by atoms with van der Waals surface area (Å²) in [6.07, 6.45) is 15.2. The lowest BCUT2D eigenvalue weighted by Crippen LogP contribution is -2.62. The zero-order valence-corrected chi connectivity index (χ0v) is 23.8. The van der Waals surface area contributed by atoms with E-state index in [0.717, 1.165) is 5.00 Å². The van der Waals surface area contributed by atoms with Crippen LogP contribution in [0.4, 0.5) is 5.00 Å². The summed E-state index contributed by atoms with van der Waals surface area (Å²) >= 11 is 1.50. The lowest BCUT2D eigenvalue weighted by atomic mass is 9.54. The number of nitrogens with zero attached hydrogens (tertiary/aromatic N) is 8. The zero-order chi connectivity index (χ0) is 29.5. The van der Waals surface area contributed by atoms with E-state index in [4.69, 9.17) is 34.3 Å². The number of hydroxylamine groups is 1. The Bertz CT molecular complexity index is 1910. The molecule has 0 bridgehead atoms. The van der Waals surface area contributed by atoms with E-state index in [9.17, 15) is 0 Å². The van der Waals surface area contributed by atoms with Crippen LogP contribution in [-0.4, -0.2) is 40.1 Å². The maximum absolute atomic E-state index is 7.52. The predicted octanol–water partition coefficient (Wildman–Crippen LogP) is 5.06. The highest BCUT2D eigenvalue weighted by Crippen LogP contribution is 2.69. The van der Waals surface area contributed by atoms with Gasteiger partial charge in [0.05, 0.1) is 23.3 Å². The quantitative estimate of drug-likeness (QED) is 0.266. The number of rotatable bonds is 7. The van der Waals surface area contributed by atoms with Crippen molar-refractivity contribution in [3.05, 3.63) is 168 Å². The molecule has 0 aromatic carbocycles. The Kier molecular flexibility index (Phi) is 6.10. The summed E-state index contributed by atoms with van der Waals surface area (Å²) in [7, 11) is 0. The van der Waals surface area contributed by atoms with E-state index in [1.807, 2.05) is 83.4 Å². The van der Waals surface area contributed by atoms with Crippen LogP contribution in [0.25, 0.3) is 0 Å². The number of hydrogen-bond acceptors (Lipinski definition) is 11. The van der Waals surface area contributed by atoms with Crippen molar-refractivity contribution in [2.45, 2.75) is 16.6 Å². The van der Waals surface area contributed by atoms with Crippen molar-refractivity contribution in [3.8, 4) is 0 Å². The molecule has 0 saturated carbocycles. The molecule has 0 spiro atoms. The summed E-state index contributed by atoms with van der Waals surface area (Å²) in [4.78, 5) is 35.5. The number of thiophene rings is 1. The smallest absolute Gasteiger partial charge is 0.199 e. The van der Waals surface area contributed by atoms with E-state index in [1.54, 1.807) is 55.7 Å². The number of anilines is 1. The molecule has 1 fully saturated rings. The second kappa shape index (κ2) is 10.3. The van der Waals surface area contributed by atoms with Gasteiger partial charge in [-0.05, 0) is 72.1 Å². The summed E-state index contributed by atoms with van der Waals surface area (Å²) in [5.74, 6) is 0.871. The van der Waals surface area contributed by atoms with Crippen molar-refractivity contribution < 1.29 is 9.25 Å². The van der Waals surface area contributed by atoms with Crippen LogP contribution in [0.2, 0.25) is 0 Å². The second-order valence-corrected chi connectivity index (χ2v) is 11.0. The topological polar surface area (TPSA) is 132 Å². The van der Waals surface area contributed by atoms with Crippen LogP contribution in [0.3, 0.4) is 0 Å². The van der Waals surface area contributed by atoms with Crippen molar-refractivity contribution in [3.63, 3.8) is 0 Å². The molecule has 214 valence electrons. The number of pyridine rings is 1. The molecule has 1 saturated heterocycles. The molecule has 7 aromatic heterocycles. The lowest BCUT2D eigenvalue weighted by molar-refractivity contribution is -0.0170. The molecule has 44 heavy (non-hydrogen) atoms. The van der Waals surface area contributed by atoms with E-state index >= 15 is 0 Å². The van der Waals surface area contributed by atoms with E-state index in [-0.39, 0.29) is 0 Å².